The number of rotatable bonds is 6. The highest BCUT2D eigenvalue weighted by Gasteiger charge is 2.34. The van der Waals surface area contributed by atoms with E-state index in [2.05, 4.69) is 45.9 Å². The van der Waals surface area contributed by atoms with Crippen molar-refractivity contribution in [1.29, 1.82) is 0 Å². The second kappa shape index (κ2) is 8.55. The Morgan fingerprint density at radius 2 is 1.59 bits per heavy atom. The average Bonchev–Trinajstić information content (AvgIpc) is 3.34. The minimum atomic E-state index is -0.394. The van der Waals surface area contributed by atoms with Crippen molar-refractivity contribution in [1.82, 2.24) is 9.38 Å². The highest BCUT2D eigenvalue weighted by atomic mass is 16.5. The summed E-state index contributed by atoms with van der Waals surface area (Å²) in [7, 11) is 0. The molecule has 168 valence electrons. The molecule has 3 saturated carbocycles. The molecule has 1 atom stereocenters. The molecular formula is C28H34N2O2. The van der Waals surface area contributed by atoms with Crippen molar-refractivity contribution in [3.8, 4) is 5.75 Å². The quantitative estimate of drug-likeness (QED) is 0.483. The van der Waals surface area contributed by atoms with E-state index in [9.17, 15) is 5.11 Å². The summed E-state index contributed by atoms with van der Waals surface area (Å²) in [5, 5.41) is 11.5. The zero-order valence-electron chi connectivity index (χ0n) is 18.8. The highest BCUT2D eigenvalue weighted by Crippen LogP contribution is 2.48. The van der Waals surface area contributed by atoms with Gasteiger partial charge in [-0.2, -0.15) is 0 Å². The maximum absolute atomic E-state index is 11.5. The third-order valence-corrected chi connectivity index (χ3v) is 8.16. The van der Waals surface area contributed by atoms with Crippen LogP contribution in [0.4, 0.5) is 0 Å². The molecule has 1 N–H and O–H groups in total. The van der Waals surface area contributed by atoms with Crippen LogP contribution >= 0.6 is 0 Å². The lowest BCUT2D eigenvalue weighted by Gasteiger charge is -2.33. The van der Waals surface area contributed by atoms with E-state index in [1.807, 2.05) is 12.5 Å². The smallest absolute Gasteiger partial charge is 0.119 e. The summed E-state index contributed by atoms with van der Waals surface area (Å²) in [5.41, 5.74) is 5.00. The normalized spacial score (nSPS) is 25.3. The van der Waals surface area contributed by atoms with Gasteiger partial charge in [0.05, 0.1) is 30.2 Å². The molecule has 3 aliphatic carbocycles. The van der Waals surface area contributed by atoms with Gasteiger partial charge in [0, 0.05) is 11.8 Å². The van der Waals surface area contributed by atoms with E-state index in [0.29, 0.717) is 23.9 Å². The van der Waals surface area contributed by atoms with Gasteiger partial charge in [-0.15, -0.1) is 0 Å². The van der Waals surface area contributed by atoms with Crippen LogP contribution in [0.5, 0.6) is 5.75 Å². The molecule has 1 aromatic carbocycles. The zero-order chi connectivity index (χ0) is 21.5. The van der Waals surface area contributed by atoms with Gasteiger partial charge < -0.3 is 14.2 Å². The van der Waals surface area contributed by atoms with Gasteiger partial charge in [-0.1, -0.05) is 12.1 Å². The minimum absolute atomic E-state index is 0.329. The molecular weight excluding hydrogens is 396 g/mol. The summed E-state index contributed by atoms with van der Waals surface area (Å²) in [6.07, 6.45) is 17.8. The molecule has 6 rings (SSSR count). The Morgan fingerprint density at radius 3 is 2.31 bits per heavy atom. The van der Waals surface area contributed by atoms with Crippen molar-refractivity contribution in [2.24, 2.45) is 5.92 Å². The number of imidazole rings is 1. The molecule has 0 amide bonds. The minimum Gasteiger partial charge on any atom is -0.490 e. The van der Waals surface area contributed by atoms with E-state index in [1.165, 1.54) is 49.7 Å². The zero-order valence-corrected chi connectivity index (χ0v) is 18.8. The Hall–Kier alpha value is -2.33. The molecule has 0 aliphatic heterocycles. The van der Waals surface area contributed by atoms with Gasteiger partial charge in [-0.25, -0.2) is 4.98 Å². The predicted octanol–water partition coefficient (Wildman–Crippen LogP) is 6.54. The van der Waals surface area contributed by atoms with Crippen LogP contribution in [0.15, 0.2) is 49.1 Å². The van der Waals surface area contributed by atoms with Crippen molar-refractivity contribution in [2.75, 3.05) is 0 Å². The largest absolute Gasteiger partial charge is 0.490 e. The number of fused-ring (bicyclic) bond motifs is 1. The molecule has 3 aromatic rings. The van der Waals surface area contributed by atoms with Crippen LogP contribution in [0.25, 0.3) is 5.52 Å². The first-order valence-corrected chi connectivity index (χ1v) is 12.7. The summed E-state index contributed by atoms with van der Waals surface area (Å²) in [6, 6.07) is 11.1. The van der Waals surface area contributed by atoms with E-state index in [1.54, 1.807) is 0 Å². The number of benzene rings is 1. The summed E-state index contributed by atoms with van der Waals surface area (Å²) in [5.74, 6) is 2.56. The van der Waals surface area contributed by atoms with Gasteiger partial charge in [-0.3, -0.25) is 0 Å². The average molecular weight is 431 g/mol. The van der Waals surface area contributed by atoms with Crippen LogP contribution in [0, 0.1) is 5.92 Å². The van der Waals surface area contributed by atoms with Gasteiger partial charge in [0.1, 0.15) is 5.75 Å². The van der Waals surface area contributed by atoms with Crippen molar-refractivity contribution >= 4 is 5.52 Å². The number of hydrogen-bond donors (Lipinski definition) is 1. The lowest BCUT2D eigenvalue weighted by atomic mass is 9.75. The summed E-state index contributed by atoms with van der Waals surface area (Å²) >= 11 is 0. The monoisotopic (exact) mass is 430 g/mol. The summed E-state index contributed by atoms with van der Waals surface area (Å²) in [6.45, 7) is 0. The van der Waals surface area contributed by atoms with Gasteiger partial charge >= 0.3 is 0 Å². The van der Waals surface area contributed by atoms with Gasteiger partial charge in [0.2, 0.25) is 0 Å². The predicted molar refractivity (Wildman–Crippen MR) is 126 cm³/mol. The van der Waals surface area contributed by atoms with Crippen molar-refractivity contribution in [2.45, 2.75) is 88.3 Å². The third-order valence-electron chi connectivity index (χ3n) is 8.16. The molecule has 4 heteroatoms. The van der Waals surface area contributed by atoms with Gasteiger partial charge in [-0.05, 0) is 111 Å². The number of pyridine rings is 1. The summed E-state index contributed by atoms with van der Waals surface area (Å²) < 4.78 is 8.20. The lowest BCUT2D eigenvalue weighted by molar-refractivity contribution is 0.0810. The molecule has 32 heavy (non-hydrogen) atoms. The van der Waals surface area contributed by atoms with Gasteiger partial charge in [0.15, 0.2) is 0 Å². The molecule has 3 aliphatic rings. The molecule has 0 saturated heterocycles. The van der Waals surface area contributed by atoms with E-state index in [4.69, 9.17) is 4.74 Å². The molecule has 2 heterocycles. The second-order valence-electron chi connectivity index (χ2n) is 10.3. The Morgan fingerprint density at radius 1 is 0.875 bits per heavy atom. The Balaban J connectivity index is 1.13. The highest BCUT2D eigenvalue weighted by molar-refractivity contribution is 5.59. The van der Waals surface area contributed by atoms with E-state index in [0.717, 1.165) is 42.5 Å². The molecule has 0 spiro atoms. The molecule has 0 bridgehead atoms. The number of nitrogens with zero attached hydrogens (tertiary/aromatic N) is 2. The van der Waals surface area contributed by atoms with E-state index >= 15 is 0 Å². The summed E-state index contributed by atoms with van der Waals surface area (Å²) in [4.78, 5) is 4.34. The van der Waals surface area contributed by atoms with Crippen LogP contribution < -0.4 is 4.74 Å². The number of aliphatic hydroxyl groups excluding tert-OH is 1. The number of aliphatic hydroxyl groups is 1. The maximum atomic E-state index is 11.5. The first-order valence-electron chi connectivity index (χ1n) is 12.7. The van der Waals surface area contributed by atoms with E-state index in [-0.39, 0.29) is 0 Å². The fourth-order valence-electron chi connectivity index (χ4n) is 6.12. The van der Waals surface area contributed by atoms with Crippen LogP contribution in [0.3, 0.4) is 0 Å². The fraction of sp³-hybridized carbons (Fsp3) is 0.536. The lowest BCUT2D eigenvalue weighted by Crippen LogP contribution is -2.21. The Kier molecular flexibility index (Phi) is 5.42. The van der Waals surface area contributed by atoms with Crippen LogP contribution in [0.1, 0.15) is 98.8 Å². The first kappa shape index (κ1) is 20.3. The van der Waals surface area contributed by atoms with Crippen LogP contribution in [0.2, 0.25) is 0 Å². The first-order chi connectivity index (χ1) is 15.8. The Labute approximate surface area is 190 Å². The molecule has 0 radical (unpaired) electrons. The molecule has 3 fully saturated rings. The number of ether oxygens (including phenoxy) is 1. The van der Waals surface area contributed by atoms with Crippen LogP contribution in [-0.2, 0) is 0 Å². The van der Waals surface area contributed by atoms with Crippen LogP contribution in [-0.4, -0.2) is 20.6 Å². The molecule has 2 aromatic heterocycles. The topological polar surface area (TPSA) is 46.8 Å². The number of aromatic nitrogens is 2. The van der Waals surface area contributed by atoms with Crippen molar-refractivity contribution < 1.29 is 9.84 Å². The van der Waals surface area contributed by atoms with Gasteiger partial charge in [0.25, 0.3) is 0 Å². The standard InChI is InChI=1S/C28H34N2O2/c31-28(27-25(21-7-8-21)15-16-30-18-29-17-26(27)30)22-9-5-19(6-10-22)20-11-13-24(14-12-20)32-23-3-1-2-4-23/h11-19,21-23,28,31H,1-10H2/t19-,22-,28-/m1/s1. The van der Waals surface area contributed by atoms with Crippen molar-refractivity contribution in [3.05, 3.63) is 65.7 Å². The third kappa shape index (κ3) is 3.94. The number of hydrogen-bond acceptors (Lipinski definition) is 3. The van der Waals surface area contributed by atoms with Crippen molar-refractivity contribution in [3.63, 3.8) is 0 Å². The SMILES string of the molecule is O[C@@H](c1c(C2CC2)ccn2cncc12)[C@H]1CC[C@H](c2ccc(OC3CCCC3)cc2)CC1. The molecule has 0 unspecified atom stereocenters. The second-order valence-corrected chi connectivity index (χ2v) is 10.3. The molecule has 4 nitrogen and oxygen atoms in total. The fourth-order valence-corrected chi connectivity index (χ4v) is 6.12. The van der Waals surface area contributed by atoms with E-state index < -0.39 is 6.10 Å². The Bertz CT molecular complexity index is 1050. The maximum Gasteiger partial charge on any atom is 0.119 e.